The highest BCUT2D eigenvalue weighted by Crippen LogP contribution is 2.30. The largest absolute Gasteiger partial charge is 0.467 e. The average Bonchev–Trinajstić information content (AvgIpc) is 2.94. The Morgan fingerprint density at radius 3 is 2.63 bits per heavy atom. The number of furan rings is 1. The lowest BCUT2D eigenvalue weighted by Crippen LogP contribution is -2.31. The van der Waals surface area contributed by atoms with Gasteiger partial charge in [-0.25, -0.2) is 0 Å². The molecule has 4 heteroatoms. The van der Waals surface area contributed by atoms with Crippen LogP contribution in [0, 0.1) is 11.8 Å². The number of carbonyl (C=O) groups excluding carboxylic acids is 1. The summed E-state index contributed by atoms with van der Waals surface area (Å²) >= 11 is 0. The summed E-state index contributed by atoms with van der Waals surface area (Å²) in [5.41, 5.74) is 6.03. The second-order valence-corrected chi connectivity index (χ2v) is 5.51. The summed E-state index contributed by atoms with van der Waals surface area (Å²) in [6.07, 6.45) is 7.85. The van der Waals surface area contributed by atoms with Crippen molar-refractivity contribution in [1.82, 2.24) is 5.32 Å². The Morgan fingerprint density at radius 1 is 1.37 bits per heavy atom. The van der Waals surface area contributed by atoms with E-state index in [4.69, 9.17) is 10.2 Å². The Labute approximate surface area is 114 Å². The van der Waals surface area contributed by atoms with Crippen LogP contribution in [0.5, 0.6) is 0 Å². The van der Waals surface area contributed by atoms with Gasteiger partial charge in [-0.15, -0.1) is 0 Å². The molecule has 4 nitrogen and oxygen atoms in total. The van der Waals surface area contributed by atoms with Crippen LogP contribution in [0.1, 0.15) is 55.1 Å². The van der Waals surface area contributed by atoms with Crippen molar-refractivity contribution in [3.63, 3.8) is 0 Å². The smallest absolute Gasteiger partial charge is 0.254 e. The molecule has 0 spiro atoms. The lowest BCUT2D eigenvalue weighted by Gasteiger charge is -2.27. The first kappa shape index (κ1) is 14.1. The van der Waals surface area contributed by atoms with Gasteiger partial charge in [0.25, 0.3) is 5.91 Å². The van der Waals surface area contributed by atoms with E-state index in [1.54, 1.807) is 6.07 Å². The highest BCUT2D eigenvalue weighted by atomic mass is 16.3. The average molecular weight is 264 g/mol. The van der Waals surface area contributed by atoms with Crippen molar-refractivity contribution in [2.75, 3.05) is 6.54 Å². The first-order valence-corrected chi connectivity index (χ1v) is 7.28. The number of rotatable bonds is 5. The van der Waals surface area contributed by atoms with E-state index in [9.17, 15) is 4.79 Å². The zero-order valence-electron chi connectivity index (χ0n) is 11.7. The zero-order chi connectivity index (χ0) is 13.7. The van der Waals surface area contributed by atoms with Gasteiger partial charge >= 0.3 is 0 Å². The van der Waals surface area contributed by atoms with Crippen molar-refractivity contribution in [3.8, 4) is 0 Å². The van der Waals surface area contributed by atoms with Crippen molar-refractivity contribution < 1.29 is 9.21 Å². The third-order valence-corrected chi connectivity index (χ3v) is 4.21. The summed E-state index contributed by atoms with van der Waals surface area (Å²) in [5, 5.41) is 3.00. The van der Waals surface area contributed by atoms with Crippen molar-refractivity contribution in [2.45, 2.75) is 45.6 Å². The van der Waals surface area contributed by atoms with E-state index in [0.29, 0.717) is 23.8 Å². The van der Waals surface area contributed by atoms with Crippen LogP contribution in [0.3, 0.4) is 0 Å². The Bertz CT molecular complexity index is 406. The van der Waals surface area contributed by atoms with Crippen LogP contribution < -0.4 is 11.1 Å². The Kier molecular flexibility index (Phi) is 5.02. The fourth-order valence-corrected chi connectivity index (χ4v) is 2.79. The number of hydrogen-bond donors (Lipinski definition) is 2. The normalized spacial score (nSPS) is 23.3. The molecule has 1 amide bonds. The molecule has 0 radical (unpaired) electrons. The molecule has 3 N–H and O–H groups in total. The maximum absolute atomic E-state index is 11.9. The van der Waals surface area contributed by atoms with Crippen molar-refractivity contribution in [2.24, 2.45) is 17.6 Å². The molecule has 106 valence electrons. The SMILES string of the molecule is CCC1CCC(CNC(=O)c2coc(CN)c2)CC1. The first-order valence-electron chi connectivity index (χ1n) is 7.28. The molecule has 1 aliphatic rings. The summed E-state index contributed by atoms with van der Waals surface area (Å²) < 4.78 is 5.17. The minimum absolute atomic E-state index is 0.0546. The van der Waals surface area contributed by atoms with E-state index in [2.05, 4.69) is 12.2 Å². The van der Waals surface area contributed by atoms with E-state index < -0.39 is 0 Å². The van der Waals surface area contributed by atoms with Gasteiger partial charge in [-0.1, -0.05) is 26.2 Å². The fourth-order valence-electron chi connectivity index (χ4n) is 2.79. The number of hydrogen-bond acceptors (Lipinski definition) is 3. The summed E-state index contributed by atoms with van der Waals surface area (Å²) in [4.78, 5) is 11.9. The molecule has 0 bridgehead atoms. The number of amides is 1. The molecule has 2 rings (SSSR count). The third-order valence-electron chi connectivity index (χ3n) is 4.21. The third kappa shape index (κ3) is 3.83. The molecule has 1 fully saturated rings. The van der Waals surface area contributed by atoms with Crippen LogP contribution in [0.25, 0.3) is 0 Å². The number of nitrogens with two attached hydrogens (primary N) is 1. The predicted octanol–water partition coefficient (Wildman–Crippen LogP) is 2.68. The van der Waals surface area contributed by atoms with E-state index in [1.807, 2.05) is 0 Å². The lowest BCUT2D eigenvalue weighted by molar-refractivity contribution is 0.0940. The molecular formula is C15H24N2O2. The predicted molar refractivity (Wildman–Crippen MR) is 74.7 cm³/mol. The number of nitrogens with one attached hydrogen (secondary N) is 1. The summed E-state index contributed by atoms with van der Waals surface area (Å²) in [6.45, 7) is 3.37. The van der Waals surface area contributed by atoms with Gasteiger partial charge in [0.2, 0.25) is 0 Å². The summed E-state index contributed by atoms with van der Waals surface area (Å²) in [7, 11) is 0. The molecule has 0 atom stereocenters. The Morgan fingerprint density at radius 2 is 2.05 bits per heavy atom. The quantitative estimate of drug-likeness (QED) is 0.859. The molecule has 1 saturated carbocycles. The molecular weight excluding hydrogens is 240 g/mol. The fraction of sp³-hybridized carbons (Fsp3) is 0.667. The maximum atomic E-state index is 11.9. The molecule has 0 aliphatic heterocycles. The van der Waals surface area contributed by atoms with E-state index >= 15 is 0 Å². The van der Waals surface area contributed by atoms with E-state index in [-0.39, 0.29) is 5.91 Å². The van der Waals surface area contributed by atoms with Crippen LogP contribution in [-0.4, -0.2) is 12.5 Å². The van der Waals surface area contributed by atoms with Crippen molar-refractivity contribution in [3.05, 3.63) is 23.7 Å². The second-order valence-electron chi connectivity index (χ2n) is 5.51. The molecule has 1 aromatic heterocycles. The summed E-state index contributed by atoms with van der Waals surface area (Å²) in [5.74, 6) is 2.12. The van der Waals surface area contributed by atoms with Crippen molar-refractivity contribution >= 4 is 5.91 Å². The minimum atomic E-state index is -0.0546. The highest BCUT2D eigenvalue weighted by Gasteiger charge is 2.20. The van der Waals surface area contributed by atoms with Gasteiger partial charge < -0.3 is 15.5 Å². The van der Waals surface area contributed by atoms with Gasteiger partial charge in [0.15, 0.2) is 0 Å². The highest BCUT2D eigenvalue weighted by molar-refractivity contribution is 5.93. The standard InChI is InChI=1S/C15H24N2O2/c1-2-11-3-5-12(6-4-11)9-17-15(18)13-7-14(8-16)19-10-13/h7,10-12H,2-6,8-9,16H2,1H3,(H,17,18). The van der Waals surface area contributed by atoms with Crippen molar-refractivity contribution in [1.29, 1.82) is 0 Å². The van der Waals surface area contributed by atoms with Gasteiger partial charge in [0.1, 0.15) is 12.0 Å². The molecule has 0 saturated heterocycles. The second kappa shape index (κ2) is 6.75. The topological polar surface area (TPSA) is 68.3 Å². The first-order chi connectivity index (χ1) is 9.22. The van der Waals surface area contributed by atoms with Gasteiger partial charge in [0, 0.05) is 6.54 Å². The van der Waals surface area contributed by atoms with E-state index in [1.165, 1.54) is 38.4 Å². The molecule has 1 aromatic rings. The maximum Gasteiger partial charge on any atom is 0.254 e. The van der Waals surface area contributed by atoms with Crippen LogP contribution in [0.15, 0.2) is 16.7 Å². The lowest BCUT2D eigenvalue weighted by atomic mass is 9.81. The Balaban J connectivity index is 1.75. The van der Waals surface area contributed by atoms with Crippen LogP contribution in [0.4, 0.5) is 0 Å². The van der Waals surface area contributed by atoms with Gasteiger partial charge in [-0.2, -0.15) is 0 Å². The molecule has 0 unspecified atom stereocenters. The van der Waals surface area contributed by atoms with Crippen LogP contribution >= 0.6 is 0 Å². The van der Waals surface area contributed by atoms with Gasteiger partial charge in [0.05, 0.1) is 12.1 Å². The molecule has 1 heterocycles. The van der Waals surface area contributed by atoms with Gasteiger partial charge in [-0.05, 0) is 30.7 Å². The monoisotopic (exact) mass is 264 g/mol. The minimum Gasteiger partial charge on any atom is -0.467 e. The zero-order valence-corrected chi connectivity index (χ0v) is 11.7. The molecule has 19 heavy (non-hydrogen) atoms. The van der Waals surface area contributed by atoms with Gasteiger partial charge in [-0.3, -0.25) is 4.79 Å². The number of carbonyl (C=O) groups is 1. The summed E-state index contributed by atoms with van der Waals surface area (Å²) in [6, 6.07) is 1.71. The van der Waals surface area contributed by atoms with Crippen LogP contribution in [-0.2, 0) is 6.54 Å². The molecule has 1 aliphatic carbocycles. The Hall–Kier alpha value is -1.29. The van der Waals surface area contributed by atoms with Crippen LogP contribution in [0.2, 0.25) is 0 Å². The molecule has 0 aromatic carbocycles. The van der Waals surface area contributed by atoms with E-state index in [0.717, 1.165) is 12.5 Å².